The molecule has 188 valence electrons. The lowest BCUT2D eigenvalue weighted by Gasteiger charge is -2.57. The van der Waals surface area contributed by atoms with E-state index in [9.17, 15) is 4.79 Å². The molecule has 7 rings (SSSR count). The predicted molar refractivity (Wildman–Crippen MR) is 142 cm³/mol. The summed E-state index contributed by atoms with van der Waals surface area (Å²) in [6, 6.07) is 19.3. The van der Waals surface area contributed by atoms with Gasteiger partial charge in [-0.05, 0) is 113 Å². The van der Waals surface area contributed by atoms with E-state index >= 15 is 0 Å². The quantitative estimate of drug-likeness (QED) is 0.270. The Balaban J connectivity index is 1.43. The van der Waals surface area contributed by atoms with Crippen LogP contribution in [0.15, 0.2) is 54.6 Å². The Hall–Kier alpha value is -2.69. The summed E-state index contributed by atoms with van der Waals surface area (Å²) in [6.07, 6.45) is 8.84. The summed E-state index contributed by atoms with van der Waals surface area (Å²) in [5, 5.41) is 2.53. The fraction of sp³-hybridized carbons (Fsp3) is 0.469. The van der Waals surface area contributed by atoms with E-state index in [4.69, 9.17) is 14.2 Å². The van der Waals surface area contributed by atoms with Crippen LogP contribution in [0.25, 0.3) is 21.9 Å². The molecule has 0 N–H and O–H groups in total. The lowest BCUT2D eigenvalue weighted by molar-refractivity contribution is -0.101. The van der Waals surface area contributed by atoms with Crippen molar-refractivity contribution in [3.63, 3.8) is 0 Å². The van der Waals surface area contributed by atoms with Crippen LogP contribution in [0.4, 0.5) is 0 Å². The summed E-state index contributed by atoms with van der Waals surface area (Å²) in [5.41, 5.74) is 6.04. The fourth-order valence-corrected chi connectivity index (χ4v) is 7.99. The molecule has 4 heteroatoms. The Morgan fingerprint density at radius 3 is 2.00 bits per heavy atom. The van der Waals surface area contributed by atoms with Crippen LogP contribution < -0.4 is 0 Å². The van der Waals surface area contributed by atoms with Crippen LogP contribution in [-0.4, -0.2) is 33.6 Å². The Morgan fingerprint density at radius 2 is 1.42 bits per heavy atom. The number of ether oxygens (including phenoxy) is 3. The topological polar surface area (TPSA) is 44.8 Å². The van der Waals surface area contributed by atoms with Gasteiger partial charge in [0.2, 0.25) is 0 Å². The minimum absolute atomic E-state index is 0.234. The Kier molecular flexibility index (Phi) is 6.13. The van der Waals surface area contributed by atoms with Crippen molar-refractivity contribution in [2.75, 3.05) is 21.3 Å². The molecule has 0 aliphatic heterocycles. The number of carbonyl (C=O) groups excluding carboxylic acids is 1. The average molecular weight is 485 g/mol. The molecule has 0 unspecified atom stereocenters. The van der Waals surface area contributed by atoms with Gasteiger partial charge in [0.05, 0.1) is 12.7 Å². The third-order valence-corrected chi connectivity index (χ3v) is 9.22. The normalized spacial score (nSPS) is 26.6. The van der Waals surface area contributed by atoms with Crippen LogP contribution in [0.5, 0.6) is 0 Å². The zero-order valence-corrected chi connectivity index (χ0v) is 21.6. The van der Waals surface area contributed by atoms with E-state index in [1.807, 2.05) is 24.3 Å². The number of methoxy groups -OCH3 is 3. The van der Waals surface area contributed by atoms with Crippen molar-refractivity contribution < 1.29 is 19.0 Å². The molecule has 0 heterocycles. The van der Waals surface area contributed by atoms with Crippen LogP contribution in [0.2, 0.25) is 0 Å². The monoisotopic (exact) mass is 484 g/mol. The molecule has 0 radical (unpaired) electrons. The maximum atomic E-state index is 11.8. The van der Waals surface area contributed by atoms with Crippen LogP contribution in [0.3, 0.4) is 0 Å². The van der Waals surface area contributed by atoms with Gasteiger partial charge in [-0.1, -0.05) is 36.4 Å². The molecule has 4 aliphatic carbocycles. The van der Waals surface area contributed by atoms with E-state index in [1.54, 1.807) is 14.2 Å². The van der Waals surface area contributed by atoms with Crippen molar-refractivity contribution in [3.05, 3.63) is 71.3 Å². The van der Waals surface area contributed by atoms with Crippen LogP contribution in [0, 0.1) is 17.8 Å². The number of carbonyl (C=O) groups is 1. The number of benzene rings is 3. The van der Waals surface area contributed by atoms with Crippen LogP contribution in [-0.2, 0) is 26.0 Å². The number of rotatable bonds is 7. The molecule has 4 fully saturated rings. The third-order valence-electron chi connectivity index (χ3n) is 9.22. The Labute approximate surface area is 213 Å². The predicted octanol–water partition coefficient (Wildman–Crippen LogP) is 6.92. The second kappa shape index (κ2) is 9.32. The zero-order chi connectivity index (χ0) is 24.9. The van der Waals surface area contributed by atoms with E-state index in [2.05, 4.69) is 30.3 Å². The minimum Gasteiger partial charge on any atom is -0.465 e. The van der Waals surface area contributed by atoms with Crippen molar-refractivity contribution in [3.8, 4) is 11.1 Å². The average Bonchev–Trinajstić information content (AvgIpc) is 2.90. The zero-order valence-electron chi connectivity index (χ0n) is 21.6. The molecule has 4 saturated carbocycles. The van der Waals surface area contributed by atoms with Gasteiger partial charge in [0.1, 0.15) is 0 Å². The first-order valence-electron chi connectivity index (χ1n) is 13.3. The summed E-state index contributed by atoms with van der Waals surface area (Å²) < 4.78 is 16.1. The van der Waals surface area contributed by atoms with Crippen molar-refractivity contribution in [2.24, 2.45) is 17.8 Å². The Bertz CT molecular complexity index is 1240. The molecule has 0 aromatic heterocycles. The molecule has 4 bridgehead atoms. The molecule has 0 spiro atoms. The number of fused-ring (bicyclic) bond motifs is 1. The van der Waals surface area contributed by atoms with Gasteiger partial charge >= 0.3 is 5.97 Å². The first-order valence-corrected chi connectivity index (χ1v) is 13.3. The van der Waals surface area contributed by atoms with Gasteiger partial charge in [-0.25, -0.2) is 4.79 Å². The fourth-order valence-electron chi connectivity index (χ4n) is 7.99. The van der Waals surface area contributed by atoms with E-state index < -0.39 is 0 Å². The van der Waals surface area contributed by atoms with Gasteiger partial charge in [-0.2, -0.15) is 0 Å². The highest BCUT2D eigenvalue weighted by molar-refractivity contribution is 5.91. The SMILES string of the molecule is COC(=O)c1ccc(-c2ccc3cc(CC(OC)OC)c(C45CC6CC(CC(C6)C4)C5)cc3c2)cc1. The highest BCUT2D eigenvalue weighted by atomic mass is 16.7. The smallest absolute Gasteiger partial charge is 0.337 e. The summed E-state index contributed by atoms with van der Waals surface area (Å²) >= 11 is 0. The van der Waals surface area contributed by atoms with E-state index in [-0.39, 0.29) is 12.3 Å². The summed E-state index contributed by atoms with van der Waals surface area (Å²) in [7, 11) is 4.88. The second-order valence-electron chi connectivity index (χ2n) is 11.4. The number of esters is 1. The maximum Gasteiger partial charge on any atom is 0.337 e. The Morgan fingerprint density at radius 1 is 0.806 bits per heavy atom. The van der Waals surface area contributed by atoms with E-state index in [0.717, 1.165) is 35.3 Å². The van der Waals surface area contributed by atoms with Crippen molar-refractivity contribution in [1.82, 2.24) is 0 Å². The lowest BCUT2D eigenvalue weighted by Crippen LogP contribution is -2.49. The molecule has 36 heavy (non-hydrogen) atoms. The first-order chi connectivity index (χ1) is 17.5. The largest absolute Gasteiger partial charge is 0.465 e. The van der Waals surface area contributed by atoms with Gasteiger partial charge in [-0.15, -0.1) is 0 Å². The van der Waals surface area contributed by atoms with Crippen LogP contribution in [0.1, 0.15) is 60.0 Å². The van der Waals surface area contributed by atoms with E-state index in [1.165, 1.54) is 67.5 Å². The molecule has 3 aromatic carbocycles. The molecule has 4 nitrogen and oxygen atoms in total. The van der Waals surface area contributed by atoms with Crippen LogP contribution >= 0.6 is 0 Å². The molecule has 3 aromatic rings. The number of hydrogen-bond donors (Lipinski definition) is 0. The first kappa shape index (κ1) is 23.7. The van der Waals surface area contributed by atoms with Gasteiger partial charge in [0.15, 0.2) is 6.29 Å². The van der Waals surface area contributed by atoms with Crippen molar-refractivity contribution in [2.45, 2.75) is 56.7 Å². The van der Waals surface area contributed by atoms with Gasteiger partial charge in [0, 0.05) is 20.6 Å². The van der Waals surface area contributed by atoms with Crippen molar-refractivity contribution >= 4 is 16.7 Å². The summed E-state index contributed by atoms with van der Waals surface area (Å²) in [4.78, 5) is 11.8. The minimum atomic E-state index is -0.307. The summed E-state index contributed by atoms with van der Waals surface area (Å²) in [5.74, 6) is 2.36. The number of hydrogen-bond acceptors (Lipinski definition) is 4. The molecule has 0 amide bonds. The highest BCUT2D eigenvalue weighted by Crippen LogP contribution is 2.61. The molecule has 0 atom stereocenters. The summed E-state index contributed by atoms with van der Waals surface area (Å²) in [6.45, 7) is 0. The van der Waals surface area contributed by atoms with Gasteiger partial charge < -0.3 is 14.2 Å². The maximum absolute atomic E-state index is 11.8. The van der Waals surface area contributed by atoms with E-state index in [0.29, 0.717) is 11.0 Å². The third kappa shape index (κ3) is 4.14. The van der Waals surface area contributed by atoms with Gasteiger partial charge in [0.25, 0.3) is 0 Å². The molecule has 0 saturated heterocycles. The van der Waals surface area contributed by atoms with Crippen molar-refractivity contribution in [1.29, 1.82) is 0 Å². The molecular formula is C32H36O4. The standard InChI is InChI=1S/C32H36O4/c1-34-30(35-2)16-28-14-26-9-8-25(23-4-6-24(7-5-23)31(33)36-3)13-27(26)15-29(28)32-17-20-10-21(18-32)12-22(11-20)19-32/h4-9,13-15,20-22,30H,10-12,16-19H2,1-3H3. The second-order valence-corrected chi connectivity index (χ2v) is 11.4. The molecule has 4 aliphatic rings. The highest BCUT2D eigenvalue weighted by Gasteiger charge is 2.52. The molecular weight excluding hydrogens is 448 g/mol. The lowest BCUT2D eigenvalue weighted by atomic mass is 9.47. The van der Waals surface area contributed by atoms with Gasteiger partial charge in [-0.3, -0.25) is 0 Å².